The van der Waals surface area contributed by atoms with Crippen LogP contribution in [0.2, 0.25) is 0 Å². The third-order valence-corrected chi connectivity index (χ3v) is 8.11. The number of hydrogen-bond acceptors (Lipinski definition) is 3. The monoisotopic (exact) mass is 532 g/mol. The zero-order chi connectivity index (χ0) is 26.7. The highest BCUT2D eigenvalue weighted by Crippen LogP contribution is 2.23. The van der Waals surface area contributed by atoms with Crippen molar-refractivity contribution < 1.29 is 14.0 Å². The van der Waals surface area contributed by atoms with E-state index < -0.39 is 6.04 Å². The molecule has 1 fully saturated rings. The van der Waals surface area contributed by atoms with Gasteiger partial charge in [-0.1, -0.05) is 79.4 Å². The number of nitrogens with zero attached hydrogens (tertiary/aromatic N) is 1. The summed E-state index contributed by atoms with van der Waals surface area (Å²) in [7, 11) is 0. The van der Waals surface area contributed by atoms with Crippen LogP contribution in [0.15, 0.2) is 83.8 Å². The van der Waals surface area contributed by atoms with E-state index in [2.05, 4.69) is 36.5 Å². The average molecular weight is 533 g/mol. The number of hydrogen-bond donors (Lipinski definition) is 1. The minimum Gasteiger partial charge on any atom is -0.352 e. The molecular weight excluding hydrogens is 495 g/mol. The third kappa shape index (κ3) is 8.45. The Morgan fingerprint density at radius 2 is 1.61 bits per heavy atom. The predicted octanol–water partition coefficient (Wildman–Crippen LogP) is 6.71. The first kappa shape index (κ1) is 27.9. The standard InChI is InChI=1S/C32H37FN2O2S/c1-24-12-18-29(19-13-24)38-21-20-31(36)35(23-26-14-16-27(33)17-15-26)30(22-25-8-4-2-5-9-25)32(37)34-28-10-6-3-7-11-28/h2,4-5,8-9,12-19,28,30H,3,6-7,10-11,20-23H2,1H3,(H,34,37)/t30-/m0/s1. The molecule has 1 aliphatic carbocycles. The molecule has 0 bridgehead atoms. The number of nitrogens with one attached hydrogen (secondary N) is 1. The molecule has 200 valence electrons. The van der Waals surface area contributed by atoms with Crippen LogP contribution in [0.4, 0.5) is 4.39 Å². The lowest BCUT2D eigenvalue weighted by Gasteiger charge is -2.33. The maximum atomic E-state index is 13.8. The van der Waals surface area contributed by atoms with E-state index in [0.29, 0.717) is 18.6 Å². The quantitative estimate of drug-likeness (QED) is 0.279. The molecule has 2 amide bonds. The van der Waals surface area contributed by atoms with Crippen LogP contribution in [0.5, 0.6) is 0 Å². The fourth-order valence-electron chi connectivity index (χ4n) is 4.92. The molecule has 1 saturated carbocycles. The molecule has 0 radical (unpaired) electrons. The zero-order valence-corrected chi connectivity index (χ0v) is 22.9. The number of aryl methyl sites for hydroxylation is 1. The SMILES string of the molecule is Cc1ccc(SCCC(=O)N(Cc2ccc(F)cc2)[C@@H](Cc2ccccc2)C(=O)NC2CCCCC2)cc1. The highest BCUT2D eigenvalue weighted by atomic mass is 32.2. The molecule has 0 unspecified atom stereocenters. The van der Waals surface area contributed by atoms with Crippen molar-refractivity contribution >= 4 is 23.6 Å². The highest BCUT2D eigenvalue weighted by Gasteiger charge is 2.31. The Hall–Kier alpha value is -3.12. The van der Waals surface area contributed by atoms with Crippen molar-refractivity contribution in [1.82, 2.24) is 10.2 Å². The normalized spacial score (nSPS) is 14.6. The minimum atomic E-state index is -0.652. The summed E-state index contributed by atoms with van der Waals surface area (Å²) in [4.78, 5) is 30.3. The van der Waals surface area contributed by atoms with Gasteiger partial charge in [0.05, 0.1) is 0 Å². The predicted molar refractivity (Wildman–Crippen MR) is 152 cm³/mol. The van der Waals surface area contributed by atoms with E-state index in [9.17, 15) is 14.0 Å². The summed E-state index contributed by atoms with van der Waals surface area (Å²) in [5, 5.41) is 3.26. The Morgan fingerprint density at radius 3 is 2.29 bits per heavy atom. The maximum Gasteiger partial charge on any atom is 0.243 e. The molecule has 3 aromatic carbocycles. The van der Waals surface area contributed by atoms with Crippen LogP contribution < -0.4 is 5.32 Å². The van der Waals surface area contributed by atoms with Gasteiger partial charge < -0.3 is 10.2 Å². The summed E-state index contributed by atoms with van der Waals surface area (Å²) in [6, 6.07) is 23.8. The highest BCUT2D eigenvalue weighted by molar-refractivity contribution is 7.99. The Bertz CT molecular complexity index is 1160. The fraction of sp³-hybridized carbons (Fsp3) is 0.375. The Morgan fingerprint density at radius 1 is 0.921 bits per heavy atom. The molecule has 4 rings (SSSR count). The molecule has 1 N–H and O–H groups in total. The van der Waals surface area contributed by atoms with Gasteiger partial charge in [-0.2, -0.15) is 0 Å². The van der Waals surface area contributed by atoms with E-state index in [1.165, 1.54) is 24.1 Å². The number of amides is 2. The topological polar surface area (TPSA) is 49.4 Å². The van der Waals surface area contributed by atoms with Gasteiger partial charge >= 0.3 is 0 Å². The summed E-state index contributed by atoms with van der Waals surface area (Å²) in [6.07, 6.45) is 6.12. The molecular formula is C32H37FN2O2S. The van der Waals surface area contributed by atoms with Gasteiger partial charge in [0.15, 0.2) is 0 Å². The second kappa shape index (κ2) is 14.1. The molecule has 38 heavy (non-hydrogen) atoms. The van der Waals surface area contributed by atoms with Crippen molar-refractivity contribution in [2.24, 2.45) is 0 Å². The fourth-order valence-corrected chi connectivity index (χ4v) is 5.76. The Labute approximate surface area is 230 Å². The maximum absolute atomic E-state index is 13.8. The van der Waals surface area contributed by atoms with Gasteiger partial charge in [-0.15, -0.1) is 11.8 Å². The average Bonchev–Trinajstić information content (AvgIpc) is 2.94. The van der Waals surface area contributed by atoms with E-state index in [1.807, 2.05) is 30.3 Å². The van der Waals surface area contributed by atoms with Gasteiger partial charge in [-0.05, 0) is 55.2 Å². The van der Waals surface area contributed by atoms with Crippen LogP contribution in [0.25, 0.3) is 0 Å². The summed E-state index contributed by atoms with van der Waals surface area (Å²) in [5.41, 5.74) is 3.00. The number of rotatable bonds is 11. The van der Waals surface area contributed by atoms with Crippen molar-refractivity contribution in [1.29, 1.82) is 0 Å². The second-order valence-electron chi connectivity index (χ2n) is 10.1. The van der Waals surface area contributed by atoms with E-state index >= 15 is 0 Å². The number of benzene rings is 3. The molecule has 4 nitrogen and oxygen atoms in total. The molecule has 1 atom stereocenters. The lowest BCUT2D eigenvalue weighted by molar-refractivity contribution is -0.141. The molecule has 0 heterocycles. The summed E-state index contributed by atoms with van der Waals surface area (Å²) >= 11 is 1.64. The Balaban J connectivity index is 1.55. The van der Waals surface area contributed by atoms with Crippen molar-refractivity contribution in [3.8, 4) is 0 Å². The number of carbonyl (C=O) groups is 2. The van der Waals surface area contributed by atoms with Crippen LogP contribution >= 0.6 is 11.8 Å². The number of halogens is 1. The molecule has 0 aliphatic heterocycles. The van der Waals surface area contributed by atoms with Gasteiger partial charge in [-0.25, -0.2) is 4.39 Å². The van der Waals surface area contributed by atoms with Crippen molar-refractivity contribution in [3.05, 3.63) is 101 Å². The molecule has 0 aromatic heterocycles. The van der Waals surface area contributed by atoms with Crippen LogP contribution in [-0.2, 0) is 22.6 Å². The van der Waals surface area contributed by atoms with Gasteiger partial charge in [0, 0.05) is 36.1 Å². The molecule has 0 saturated heterocycles. The van der Waals surface area contributed by atoms with Crippen LogP contribution in [0.3, 0.4) is 0 Å². The summed E-state index contributed by atoms with van der Waals surface area (Å²) < 4.78 is 13.6. The van der Waals surface area contributed by atoms with Gasteiger partial charge in [0.2, 0.25) is 11.8 Å². The number of carbonyl (C=O) groups excluding carboxylic acids is 2. The van der Waals surface area contributed by atoms with Crippen molar-refractivity contribution in [3.63, 3.8) is 0 Å². The van der Waals surface area contributed by atoms with Gasteiger partial charge in [0.1, 0.15) is 11.9 Å². The van der Waals surface area contributed by atoms with Crippen LogP contribution in [0, 0.1) is 12.7 Å². The van der Waals surface area contributed by atoms with E-state index in [1.54, 1.807) is 28.8 Å². The molecule has 1 aliphatic rings. The Kier molecular flexibility index (Phi) is 10.4. The molecule has 0 spiro atoms. The second-order valence-corrected chi connectivity index (χ2v) is 11.3. The summed E-state index contributed by atoms with van der Waals surface area (Å²) in [5.74, 6) is 0.109. The minimum absolute atomic E-state index is 0.0753. The molecule has 3 aromatic rings. The van der Waals surface area contributed by atoms with Crippen LogP contribution in [0.1, 0.15) is 55.2 Å². The van der Waals surface area contributed by atoms with E-state index in [4.69, 9.17) is 0 Å². The smallest absolute Gasteiger partial charge is 0.243 e. The van der Waals surface area contributed by atoms with Crippen molar-refractivity contribution in [2.45, 2.75) is 75.4 Å². The third-order valence-electron chi connectivity index (χ3n) is 7.09. The first-order valence-corrected chi connectivity index (χ1v) is 14.5. The number of thioether (sulfide) groups is 1. The first-order chi connectivity index (χ1) is 18.5. The largest absolute Gasteiger partial charge is 0.352 e. The van der Waals surface area contributed by atoms with E-state index in [0.717, 1.165) is 41.7 Å². The van der Waals surface area contributed by atoms with Gasteiger partial charge in [0.25, 0.3) is 0 Å². The lowest BCUT2D eigenvalue weighted by atomic mass is 9.94. The zero-order valence-electron chi connectivity index (χ0n) is 22.1. The summed E-state index contributed by atoms with van der Waals surface area (Å²) in [6.45, 7) is 2.31. The van der Waals surface area contributed by atoms with Gasteiger partial charge in [-0.3, -0.25) is 9.59 Å². The molecule has 6 heteroatoms. The first-order valence-electron chi connectivity index (χ1n) is 13.6. The van der Waals surface area contributed by atoms with Crippen molar-refractivity contribution in [2.75, 3.05) is 5.75 Å². The van der Waals surface area contributed by atoms with E-state index in [-0.39, 0.29) is 30.2 Å². The van der Waals surface area contributed by atoms with Crippen LogP contribution in [-0.4, -0.2) is 34.6 Å². The lowest BCUT2D eigenvalue weighted by Crippen LogP contribution is -2.52.